The number of halogens is 4. The zero-order valence-electron chi connectivity index (χ0n) is 11.0. The average Bonchev–Trinajstić information content (AvgIpc) is 2.33. The number of nitrogens with zero attached hydrogens (tertiary/aromatic N) is 1. The molecular formula is C13H18ClF3N2. The Morgan fingerprint density at radius 3 is 2.58 bits per heavy atom. The van der Waals surface area contributed by atoms with Crippen molar-refractivity contribution in [3.63, 3.8) is 0 Å². The Balaban J connectivity index is 2.83. The third-order valence-corrected chi connectivity index (χ3v) is 3.14. The summed E-state index contributed by atoms with van der Waals surface area (Å²) >= 11 is 6.11. The number of hydrogen-bond acceptors (Lipinski definition) is 2. The van der Waals surface area contributed by atoms with Crippen LogP contribution in [0.4, 0.5) is 18.9 Å². The number of hydrogen-bond donors (Lipinski definition) is 1. The Labute approximate surface area is 116 Å². The van der Waals surface area contributed by atoms with Crippen LogP contribution in [-0.4, -0.2) is 26.3 Å². The first kappa shape index (κ1) is 16.1. The molecule has 0 saturated heterocycles. The summed E-state index contributed by atoms with van der Waals surface area (Å²) in [5.74, 6) is 0. The Morgan fingerprint density at radius 2 is 2.00 bits per heavy atom. The van der Waals surface area contributed by atoms with Gasteiger partial charge >= 0.3 is 6.18 Å². The van der Waals surface area contributed by atoms with Gasteiger partial charge in [0, 0.05) is 36.4 Å². The van der Waals surface area contributed by atoms with E-state index < -0.39 is 12.6 Å². The molecule has 0 atom stereocenters. The summed E-state index contributed by atoms with van der Waals surface area (Å²) in [5.41, 5.74) is 1.56. The van der Waals surface area contributed by atoms with Crippen LogP contribution >= 0.6 is 11.6 Å². The maximum atomic E-state index is 12.2. The van der Waals surface area contributed by atoms with Crippen molar-refractivity contribution < 1.29 is 13.2 Å². The molecule has 0 saturated carbocycles. The van der Waals surface area contributed by atoms with Gasteiger partial charge in [0.15, 0.2) is 0 Å². The van der Waals surface area contributed by atoms with E-state index in [9.17, 15) is 13.2 Å². The van der Waals surface area contributed by atoms with Crippen molar-refractivity contribution in [1.29, 1.82) is 0 Å². The van der Waals surface area contributed by atoms with Gasteiger partial charge in [-0.2, -0.15) is 13.2 Å². The van der Waals surface area contributed by atoms with E-state index in [-0.39, 0.29) is 6.54 Å². The maximum Gasteiger partial charge on any atom is 0.390 e. The summed E-state index contributed by atoms with van der Waals surface area (Å²) in [6.07, 6.45) is -4.98. The van der Waals surface area contributed by atoms with Gasteiger partial charge in [0.05, 0.1) is 6.42 Å². The maximum absolute atomic E-state index is 12.2. The largest absolute Gasteiger partial charge is 0.390 e. The minimum absolute atomic E-state index is 0.0804. The molecule has 108 valence electrons. The first-order chi connectivity index (χ1) is 8.85. The van der Waals surface area contributed by atoms with Crippen molar-refractivity contribution in [3.05, 3.63) is 28.8 Å². The van der Waals surface area contributed by atoms with E-state index in [2.05, 4.69) is 5.32 Å². The number of anilines is 1. The SMILES string of the molecule is CCNCc1c(Cl)cccc1N(C)CCC(F)(F)F. The van der Waals surface area contributed by atoms with Crippen LogP contribution in [0, 0.1) is 0 Å². The second kappa shape index (κ2) is 7.01. The Bertz CT molecular complexity index is 407. The molecule has 1 N–H and O–H groups in total. The third-order valence-electron chi connectivity index (χ3n) is 2.79. The van der Waals surface area contributed by atoms with E-state index in [1.807, 2.05) is 6.92 Å². The summed E-state index contributed by atoms with van der Waals surface area (Å²) in [5, 5.41) is 3.71. The van der Waals surface area contributed by atoms with Gasteiger partial charge < -0.3 is 10.2 Å². The van der Waals surface area contributed by atoms with Gasteiger partial charge in [0.1, 0.15) is 0 Å². The van der Waals surface area contributed by atoms with Gasteiger partial charge in [-0.15, -0.1) is 0 Å². The summed E-state index contributed by atoms with van der Waals surface area (Å²) in [6, 6.07) is 5.28. The zero-order chi connectivity index (χ0) is 14.5. The van der Waals surface area contributed by atoms with Crippen LogP contribution < -0.4 is 10.2 Å². The van der Waals surface area contributed by atoms with Gasteiger partial charge in [0.2, 0.25) is 0 Å². The van der Waals surface area contributed by atoms with Crippen molar-refractivity contribution in [3.8, 4) is 0 Å². The van der Waals surface area contributed by atoms with Crippen LogP contribution in [0.3, 0.4) is 0 Å². The summed E-state index contributed by atoms with van der Waals surface area (Å²) < 4.78 is 36.7. The van der Waals surface area contributed by atoms with Crippen LogP contribution in [0.2, 0.25) is 5.02 Å². The van der Waals surface area contributed by atoms with Gasteiger partial charge in [-0.05, 0) is 18.7 Å². The fourth-order valence-electron chi connectivity index (χ4n) is 1.74. The van der Waals surface area contributed by atoms with Crippen LogP contribution in [0.1, 0.15) is 18.9 Å². The average molecular weight is 295 g/mol. The molecule has 0 spiro atoms. The van der Waals surface area contributed by atoms with Crippen LogP contribution in [0.5, 0.6) is 0 Å². The summed E-state index contributed by atoms with van der Waals surface area (Å²) in [7, 11) is 1.65. The smallest absolute Gasteiger partial charge is 0.374 e. The van der Waals surface area contributed by atoms with Gasteiger partial charge in [0.25, 0.3) is 0 Å². The minimum atomic E-state index is -4.14. The molecule has 0 amide bonds. The molecule has 0 unspecified atom stereocenters. The Morgan fingerprint density at radius 1 is 1.32 bits per heavy atom. The van der Waals surface area contributed by atoms with Crippen molar-refractivity contribution in [2.45, 2.75) is 26.1 Å². The highest BCUT2D eigenvalue weighted by Crippen LogP contribution is 2.28. The molecule has 6 heteroatoms. The van der Waals surface area contributed by atoms with Crippen molar-refractivity contribution in [1.82, 2.24) is 5.32 Å². The normalized spacial score (nSPS) is 11.7. The molecule has 0 bridgehead atoms. The number of benzene rings is 1. The lowest BCUT2D eigenvalue weighted by Gasteiger charge is -2.24. The van der Waals surface area contributed by atoms with E-state index in [0.717, 1.165) is 17.8 Å². The third kappa shape index (κ3) is 5.28. The van der Waals surface area contributed by atoms with Gasteiger partial charge in [-0.25, -0.2) is 0 Å². The van der Waals surface area contributed by atoms with Crippen molar-refractivity contribution in [2.75, 3.05) is 25.0 Å². The monoisotopic (exact) mass is 294 g/mol. The zero-order valence-corrected chi connectivity index (χ0v) is 11.8. The molecular weight excluding hydrogens is 277 g/mol. The summed E-state index contributed by atoms with van der Waals surface area (Å²) in [6.45, 7) is 3.20. The molecule has 1 rings (SSSR count). The molecule has 19 heavy (non-hydrogen) atoms. The van der Waals surface area contributed by atoms with Crippen LogP contribution in [-0.2, 0) is 6.54 Å². The van der Waals surface area contributed by atoms with E-state index in [1.165, 1.54) is 0 Å². The second-order valence-electron chi connectivity index (χ2n) is 4.30. The molecule has 2 nitrogen and oxygen atoms in total. The van der Waals surface area contributed by atoms with Crippen molar-refractivity contribution in [2.24, 2.45) is 0 Å². The summed E-state index contributed by atoms with van der Waals surface area (Å²) in [4.78, 5) is 1.59. The first-order valence-corrected chi connectivity index (χ1v) is 6.49. The van der Waals surface area contributed by atoms with Crippen LogP contribution in [0.15, 0.2) is 18.2 Å². The molecule has 0 radical (unpaired) electrons. The quantitative estimate of drug-likeness (QED) is 0.857. The topological polar surface area (TPSA) is 15.3 Å². The highest BCUT2D eigenvalue weighted by molar-refractivity contribution is 6.31. The molecule has 1 aromatic rings. The Hall–Kier alpha value is -0.940. The Kier molecular flexibility index (Phi) is 5.94. The van der Waals surface area contributed by atoms with Gasteiger partial charge in [-0.1, -0.05) is 24.6 Å². The fraction of sp³-hybridized carbons (Fsp3) is 0.538. The minimum Gasteiger partial charge on any atom is -0.374 e. The second-order valence-corrected chi connectivity index (χ2v) is 4.71. The predicted molar refractivity (Wildman–Crippen MR) is 72.8 cm³/mol. The van der Waals surface area contributed by atoms with E-state index >= 15 is 0 Å². The van der Waals surface area contributed by atoms with Gasteiger partial charge in [-0.3, -0.25) is 0 Å². The molecule has 0 aromatic heterocycles. The standard InChI is InChI=1S/C13H18ClF3N2/c1-3-18-9-10-11(14)5-4-6-12(10)19(2)8-7-13(15,16)17/h4-6,18H,3,7-9H2,1-2H3. The molecule has 0 aliphatic carbocycles. The number of rotatable bonds is 6. The lowest BCUT2D eigenvalue weighted by atomic mass is 10.1. The molecule has 1 aromatic carbocycles. The van der Waals surface area contributed by atoms with Crippen molar-refractivity contribution >= 4 is 17.3 Å². The highest BCUT2D eigenvalue weighted by Gasteiger charge is 2.27. The molecule has 0 aliphatic rings. The van der Waals surface area contributed by atoms with E-state index in [4.69, 9.17) is 11.6 Å². The lowest BCUT2D eigenvalue weighted by Crippen LogP contribution is -2.26. The predicted octanol–water partition coefficient (Wildman–Crippen LogP) is 3.84. The first-order valence-electron chi connectivity index (χ1n) is 6.11. The van der Waals surface area contributed by atoms with E-state index in [1.54, 1.807) is 30.1 Å². The molecule has 0 fully saturated rings. The number of nitrogens with one attached hydrogen (secondary N) is 1. The van der Waals surface area contributed by atoms with E-state index in [0.29, 0.717) is 11.6 Å². The lowest BCUT2D eigenvalue weighted by molar-refractivity contribution is -0.132. The fourth-order valence-corrected chi connectivity index (χ4v) is 1.98. The highest BCUT2D eigenvalue weighted by atomic mass is 35.5. The molecule has 0 heterocycles. The molecule has 0 aliphatic heterocycles. The van der Waals surface area contributed by atoms with Crippen LogP contribution in [0.25, 0.3) is 0 Å². The number of alkyl halides is 3.